The molecule has 1 aliphatic rings. The molecule has 0 radical (unpaired) electrons. The smallest absolute Gasteiger partial charge is 0.337 e. The highest BCUT2D eigenvalue weighted by atomic mass is 19.1. The molecule has 10 heteroatoms. The van der Waals surface area contributed by atoms with Gasteiger partial charge in [-0.25, -0.2) is 14.2 Å². The molecule has 47 heavy (non-hydrogen) atoms. The number of aromatic amines is 1. The maximum Gasteiger partial charge on any atom is 0.337 e. The second-order valence-corrected chi connectivity index (χ2v) is 14.0. The Morgan fingerprint density at radius 3 is 2.36 bits per heavy atom. The lowest BCUT2D eigenvalue weighted by molar-refractivity contribution is -0.160. The van der Waals surface area contributed by atoms with Crippen LogP contribution in [-0.2, 0) is 22.5 Å². The Morgan fingerprint density at radius 2 is 1.77 bits per heavy atom. The van der Waals surface area contributed by atoms with Crippen LogP contribution in [-0.4, -0.2) is 51.6 Å². The number of carbonyl (C=O) groups is 1. The minimum Gasteiger partial charge on any atom is -0.493 e. The fourth-order valence-corrected chi connectivity index (χ4v) is 5.89. The number of aromatic nitrogens is 3. The van der Waals surface area contributed by atoms with Gasteiger partial charge in [0.2, 0.25) is 0 Å². The van der Waals surface area contributed by atoms with E-state index in [1.165, 1.54) is 12.1 Å². The first kappa shape index (κ1) is 33.9. The average molecular weight is 644 g/mol. The average Bonchev–Trinajstić information content (AvgIpc) is 3.54. The highest BCUT2D eigenvalue weighted by molar-refractivity contribution is 5.92. The first-order chi connectivity index (χ1) is 22.3. The van der Waals surface area contributed by atoms with Crippen molar-refractivity contribution >= 4 is 17.5 Å². The van der Waals surface area contributed by atoms with Crippen LogP contribution >= 0.6 is 0 Å². The van der Waals surface area contributed by atoms with Crippen molar-refractivity contribution < 1.29 is 23.8 Å². The molecular formula is C37H46FN5O4. The third-order valence-corrected chi connectivity index (χ3v) is 8.51. The molecule has 1 aliphatic heterocycles. The first-order valence-electron chi connectivity index (χ1n) is 16.2. The Balaban J connectivity index is 1.58. The number of H-pyrrole nitrogens is 1. The van der Waals surface area contributed by atoms with Crippen LogP contribution in [0.25, 0.3) is 11.1 Å². The topological polar surface area (TPSA) is 113 Å². The Hall–Kier alpha value is -4.44. The standard InChI is InChI=1S/C37H46FN5O4/c1-24-30(33(35(44)45)47-36(2,3)4)32(43-20-17-37(5,6)18-21-43)31(34(41-24)39-23-28-15-19-40-42-28)26-9-13-29(14-10-26)46-22-16-25-7-11-27(38)12-8-25/h7-15,19,33H,16-18,20-23H2,1-6H3,(H,39,41)(H,40,42)(H,44,45). The molecule has 1 fully saturated rings. The third-order valence-electron chi connectivity index (χ3n) is 8.51. The van der Waals surface area contributed by atoms with Gasteiger partial charge in [0.05, 0.1) is 30.1 Å². The second-order valence-electron chi connectivity index (χ2n) is 14.0. The summed E-state index contributed by atoms with van der Waals surface area (Å²) in [5.41, 5.74) is 5.03. The lowest BCUT2D eigenvalue weighted by atomic mass is 9.82. The zero-order valence-electron chi connectivity index (χ0n) is 28.2. The summed E-state index contributed by atoms with van der Waals surface area (Å²) in [5, 5.41) is 21.1. The molecule has 0 saturated carbocycles. The molecule has 0 spiro atoms. The minimum absolute atomic E-state index is 0.182. The normalized spacial score (nSPS) is 15.3. The van der Waals surface area contributed by atoms with Gasteiger partial charge in [-0.15, -0.1) is 0 Å². The van der Waals surface area contributed by atoms with Crippen molar-refractivity contribution in [3.8, 4) is 16.9 Å². The van der Waals surface area contributed by atoms with Crippen LogP contribution in [0.1, 0.15) is 76.1 Å². The molecule has 0 bridgehead atoms. The molecule has 4 aromatic rings. The minimum atomic E-state index is -1.22. The number of aliphatic carboxylic acids is 1. The number of carboxylic acids is 1. The lowest BCUT2D eigenvalue weighted by Crippen LogP contribution is -2.39. The highest BCUT2D eigenvalue weighted by Gasteiger charge is 2.37. The summed E-state index contributed by atoms with van der Waals surface area (Å²) < 4.78 is 25.6. The van der Waals surface area contributed by atoms with Crippen molar-refractivity contribution in [3.63, 3.8) is 0 Å². The number of anilines is 2. The van der Waals surface area contributed by atoms with Gasteiger partial charge in [-0.1, -0.05) is 38.1 Å². The third kappa shape index (κ3) is 8.68. The van der Waals surface area contributed by atoms with Gasteiger partial charge in [-0.05, 0) is 87.4 Å². The van der Waals surface area contributed by atoms with Gasteiger partial charge in [0, 0.05) is 42.5 Å². The van der Waals surface area contributed by atoms with Gasteiger partial charge in [0.25, 0.3) is 0 Å². The molecule has 9 nitrogen and oxygen atoms in total. The molecule has 1 unspecified atom stereocenters. The van der Waals surface area contributed by atoms with Gasteiger partial charge in [-0.3, -0.25) is 5.10 Å². The number of carboxylic acid groups (broad SMARTS) is 1. The van der Waals surface area contributed by atoms with E-state index in [9.17, 15) is 14.3 Å². The van der Waals surface area contributed by atoms with E-state index >= 15 is 0 Å². The Bertz CT molecular complexity index is 1640. The number of nitrogens with zero attached hydrogens (tertiary/aromatic N) is 3. The zero-order valence-corrected chi connectivity index (χ0v) is 28.2. The number of aryl methyl sites for hydroxylation is 1. The van der Waals surface area contributed by atoms with E-state index in [0.717, 1.165) is 54.0 Å². The van der Waals surface area contributed by atoms with E-state index in [2.05, 4.69) is 34.3 Å². The number of halogens is 1. The molecule has 1 saturated heterocycles. The summed E-state index contributed by atoms with van der Waals surface area (Å²) in [4.78, 5) is 20.2. The largest absolute Gasteiger partial charge is 0.493 e. The molecule has 1 atom stereocenters. The van der Waals surface area contributed by atoms with Gasteiger partial charge >= 0.3 is 5.97 Å². The van der Waals surface area contributed by atoms with Gasteiger partial charge in [-0.2, -0.15) is 5.10 Å². The highest BCUT2D eigenvalue weighted by Crippen LogP contribution is 2.46. The van der Waals surface area contributed by atoms with Crippen molar-refractivity contribution in [2.24, 2.45) is 5.41 Å². The Kier molecular flexibility index (Phi) is 10.2. The number of benzene rings is 2. The van der Waals surface area contributed by atoms with Crippen LogP contribution < -0.4 is 15.0 Å². The maximum atomic E-state index is 13.3. The molecular weight excluding hydrogens is 597 g/mol. The SMILES string of the molecule is Cc1nc(NCc2ccn[nH]2)c(-c2ccc(OCCc3ccc(F)cc3)cc2)c(N2CCC(C)(C)CC2)c1C(OC(C)(C)C)C(=O)O. The monoisotopic (exact) mass is 643 g/mol. The number of ether oxygens (including phenoxy) is 2. The van der Waals surface area contributed by atoms with E-state index in [1.54, 1.807) is 18.3 Å². The van der Waals surface area contributed by atoms with E-state index in [1.807, 2.05) is 58.0 Å². The summed E-state index contributed by atoms with van der Waals surface area (Å²) in [6.45, 7) is 14.4. The maximum absolute atomic E-state index is 13.3. The van der Waals surface area contributed by atoms with E-state index < -0.39 is 17.7 Å². The lowest BCUT2D eigenvalue weighted by Gasteiger charge is -2.41. The van der Waals surface area contributed by atoms with Crippen molar-refractivity contribution in [2.75, 3.05) is 29.9 Å². The molecule has 5 rings (SSSR count). The van der Waals surface area contributed by atoms with Crippen molar-refractivity contribution in [1.82, 2.24) is 15.2 Å². The van der Waals surface area contributed by atoms with E-state index in [-0.39, 0.29) is 11.2 Å². The van der Waals surface area contributed by atoms with E-state index in [4.69, 9.17) is 14.5 Å². The fraction of sp³-hybridized carbons (Fsp3) is 0.432. The number of piperidine rings is 1. The number of hydrogen-bond acceptors (Lipinski definition) is 7. The molecule has 3 heterocycles. The summed E-state index contributed by atoms with van der Waals surface area (Å²) in [6, 6.07) is 16.1. The number of nitrogens with one attached hydrogen (secondary N) is 2. The quantitative estimate of drug-likeness (QED) is 0.144. The molecule has 3 N–H and O–H groups in total. The predicted molar refractivity (Wildman–Crippen MR) is 182 cm³/mol. The van der Waals surface area contributed by atoms with Crippen LogP contribution in [0, 0.1) is 18.2 Å². The van der Waals surface area contributed by atoms with Crippen molar-refractivity contribution in [1.29, 1.82) is 0 Å². The van der Waals surface area contributed by atoms with Crippen LogP contribution in [0.15, 0.2) is 60.8 Å². The zero-order chi connectivity index (χ0) is 33.8. The van der Waals surface area contributed by atoms with Crippen LogP contribution in [0.3, 0.4) is 0 Å². The van der Waals surface area contributed by atoms with E-state index in [0.29, 0.717) is 42.4 Å². The Morgan fingerprint density at radius 1 is 1.09 bits per heavy atom. The van der Waals surface area contributed by atoms with Gasteiger partial charge < -0.3 is 24.8 Å². The predicted octanol–water partition coefficient (Wildman–Crippen LogP) is 7.72. The van der Waals surface area contributed by atoms with Crippen LogP contribution in [0.4, 0.5) is 15.9 Å². The van der Waals surface area contributed by atoms with Crippen LogP contribution in [0.5, 0.6) is 5.75 Å². The number of hydrogen-bond donors (Lipinski definition) is 3. The van der Waals surface area contributed by atoms with Gasteiger partial charge in [0.1, 0.15) is 17.4 Å². The fourth-order valence-electron chi connectivity index (χ4n) is 5.89. The summed E-state index contributed by atoms with van der Waals surface area (Å²) in [7, 11) is 0. The summed E-state index contributed by atoms with van der Waals surface area (Å²) >= 11 is 0. The summed E-state index contributed by atoms with van der Waals surface area (Å²) in [5.74, 6) is 0.0246. The number of rotatable bonds is 12. The van der Waals surface area contributed by atoms with Crippen molar-refractivity contribution in [3.05, 3.63) is 89.1 Å². The molecule has 0 aliphatic carbocycles. The Labute approximate surface area is 276 Å². The molecule has 0 amide bonds. The second kappa shape index (κ2) is 14.1. The van der Waals surface area contributed by atoms with Crippen LogP contribution in [0.2, 0.25) is 0 Å². The number of pyridine rings is 1. The van der Waals surface area contributed by atoms with Crippen molar-refractivity contribution in [2.45, 2.75) is 79.1 Å². The summed E-state index contributed by atoms with van der Waals surface area (Å²) in [6.07, 6.45) is 3.05. The molecule has 250 valence electrons. The molecule has 2 aromatic carbocycles. The van der Waals surface area contributed by atoms with Gasteiger partial charge in [0.15, 0.2) is 6.10 Å². The first-order valence-corrected chi connectivity index (χ1v) is 16.2. The molecule has 2 aromatic heterocycles.